The zero-order valence-corrected chi connectivity index (χ0v) is 11.2. The summed E-state index contributed by atoms with van der Waals surface area (Å²) in [5.74, 6) is 0. The minimum absolute atomic E-state index is 1.000. The van der Waals surface area contributed by atoms with E-state index >= 15 is 0 Å². The van der Waals surface area contributed by atoms with Crippen LogP contribution in [0, 0.1) is 0 Å². The number of nitrogens with one attached hydrogen (secondary N) is 2. The molecule has 2 N–H and O–H groups in total. The average Bonchev–Trinajstić information content (AvgIpc) is 2.83. The second-order valence-corrected chi connectivity index (χ2v) is 5.90. The van der Waals surface area contributed by atoms with E-state index in [0.29, 0.717) is 0 Å². The minimum atomic E-state index is 1.000. The van der Waals surface area contributed by atoms with Crippen LogP contribution < -0.4 is 10.6 Å². The minimum Gasteiger partial charge on any atom is -0.315 e. The van der Waals surface area contributed by atoms with E-state index in [1.165, 1.54) is 20.7 Å². The van der Waals surface area contributed by atoms with Crippen LogP contribution in [0.4, 0.5) is 0 Å². The third-order valence-electron chi connectivity index (χ3n) is 2.39. The van der Waals surface area contributed by atoms with Crippen molar-refractivity contribution in [3.63, 3.8) is 0 Å². The van der Waals surface area contributed by atoms with Gasteiger partial charge in [0.15, 0.2) is 0 Å². The van der Waals surface area contributed by atoms with E-state index in [9.17, 15) is 0 Å². The number of rotatable bonds is 7. The van der Waals surface area contributed by atoms with E-state index in [1.54, 1.807) is 0 Å². The van der Waals surface area contributed by atoms with Crippen LogP contribution in [0.3, 0.4) is 0 Å². The van der Waals surface area contributed by atoms with E-state index in [0.717, 1.165) is 26.2 Å². The number of hydrogen-bond acceptors (Lipinski definition) is 4. The van der Waals surface area contributed by atoms with Gasteiger partial charge in [-0.3, -0.25) is 0 Å². The van der Waals surface area contributed by atoms with Gasteiger partial charge in [0, 0.05) is 33.9 Å². The van der Waals surface area contributed by atoms with E-state index in [2.05, 4.69) is 35.1 Å². The number of fused-ring (bicyclic) bond motifs is 1. The van der Waals surface area contributed by atoms with Gasteiger partial charge >= 0.3 is 0 Å². The standard InChI is InChI=1S/C12H18N2S2/c1-2-4-13-5-6-14-9-10-8-12-11(16-10)3-7-15-12/h3,7-8,13-14H,2,4-6,9H2,1H3. The molecule has 0 aliphatic carbocycles. The van der Waals surface area contributed by atoms with Crippen LogP contribution >= 0.6 is 22.7 Å². The topological polar surface area (TPSA) is 24.1 Å². The van der Waals surface area contributed by atoms with Gasteiger partial charge in [0.25, 0.3) is 0 Å². The Balaban J connectivity index is 1.68. The predicted octanol–water partition coefficient (Wildman–Crippen LogP) is 3.05. The Morgan fingerprint density at radius 3 is 2.81 bits per heavy atom. The predicted molar refractivity (Wildman–Crippen MR) is 74.6 cm³/mol. The summed E-state index contributed by atoms with van der Waals surface area (Å²) < 4.78 is 2.84. The SMILES string of the molecule is CCCNCCNCc1cc2sccc2s1. The highest BCUT2D eigenvalue weighted by molar-refractivity contribution is 7.26. The van der Waals surface area contributed by atoms with Crippen molar-refractivity contribution in [2.45, 2.75) is 19.9 Å². The first-order valence-electron chi connectivity index (χ1n) is 5.77. The lowest BCUT2D eigenvalue weighted by molar-refractivity contribution is 0.609. The molecule has 0 aromatic carbocycles. The van der Waals surface area contributed by atoms with Gasteiger partial charge in [-0.15, -0.1) is 22.7 Å². The zero-order chi connectivity index (χ0) is 11.2. The van der Waals surface area contributed by atoms with Crippen LogP contribution in [0.1, 0.15) is 18.2 Å². The van der Waals surface area contributed by atoms with E-state index in [4.69, 9.17) is 0 Å². The maximum atomic E-state index is 3.46. The number of thiophene rings is 2. The molecule has 88 valence electrons. The Morgan fingerprint density at radius 1 is 1.12 bits per heavy atom. The van der Waals surface area contributed by atoms with Gasteiger partial charge in [0.1, 0.15) is 0 Å². The molecule has 2 rings (SSSR count). The molecule has 4 heteroatoms. The van der Waals surface area contributed by atoms with Crippen LogP contribution in [0.5, 0.6) is 0 Å². The lowest BCUT2D eigenvalue weighted by Crippen LogP contribution is -2.27. The number of hydrogen-bond donors (Lipinski definition) is 2. The highest BCUT2D eigenvalue weighted by atomic mass is 32.1. The quantitative estimate of drug-likeness (QED) is 0.742. The summed E-state index contributed by atoms with van der Waals surface area (Å²) in [7, 11) is 0. The zero-order valence-electron chi connectivity index (χ0n) is 9.58. The van der Waals surface area contributed by atoms with Gasteiger partial charge < -0.3 is 10.6 Å². The first-order valence-corrected chi connectivity index (χ1v) is 7.47. The lowest BCUT2D eigenvalue weighted by atomic mass is 10.4. The molecule has 0 aliphatic heterocycles. The smallest absolute Gasteiger partial charge is 0.0453 e. The fourth-order valence-electron chi connectivity index (χ4n) is 1.59. The molecule has 0 saturated heterocycles. The Kier molecular flexibility index (Phi) is 4.78. The fourth-order valence-corrected chi connectivity index (χ4v) is 3.70. The van der Waals surface area contributed by atoms with Crippen LogP contribution in [0.2, 0.25) is 0 Å². The molecule has 0 unspecified atom stereocenters. The molecule has 0 fully saturated rings. The Hall–Kier alpha value is -0.420. The van der Waals surface area contributed by atoms with Crippen LogP contribution in [0.25, 0.3) is 9.40 Å². The molecule has 2 heterocycles. The van der Waals surface area contributed by atoms with Crippen molar-refractivity contribution in [3.05, 3.63) is 22.4 Å². The lowest BCUT2D eigenvalue weighted by Gasteiger charge is -2.03. The molecule has 2 nitrogen and oxygen atoms in total. The van der Waals surface area contributed by atoms with Crippen molar-refractivity contribution in [1.29, 1.82) is 0 Å². The van der Waals surface area contributed by atoms with Gasteiger partial charge in [-0.05, 0) is 30.5 Å². The third kappa shape index (κ3) is 3.28. The summed E-state index contributed by atoms with van der Waals surface area (Å²) in [5, 5.41) is 9.01. The molecule has 16 heavy (non-hydrogen) atoms. The van der Waals surface area contributed by atoms with Crippen LogP contribution in [-0.4, -0.2) is 19.6 Å². The van der Waals surface area contributed by atoms with Crippen molar-refractivity contribution < 1.29 is 0 Å². The van der Waals surface area contributed by atoms with Gasteiger partial charge in [-0.2, -0.15) is 0 Å². The summed E-state index contributed by atoms with van der Waals surface area (Å²) in [6.07, 6.45) is 1.21. The Labute approximate surface area is 105 Å². The van der Waals surface area contributed by atoms with E-state index in [-0.39, 0.29) is 0 Å². The average molecular weight is 254 g/mol. The summed E-state index contributed by atoms with van der Waals surface area (Å²) >= 11 is 3.73. The summed E-state index contributed by atoms with van der Waals surface area (Å²) in [6.45, 7) is 6.42. The first kappa shape index (κ1) is 12.0. The third-order valence-corrected chi connectivity index (χ3v) is 4.49. The highest BCUT2D eigenvalue weighted by Gasteiger charge is 2.01. The molecule has 0 atom stereocenters. The van der Waals surface area contributed by atoms with E-state index in [1.807, 2.05) is 22.7 Å². The fraction of sp³-hybridized carbons (Fsp3) is 0.500. The van der Waals surface area contributed by atoms with Gasteiger partial charge in [-0.25, -0.2) is 0 Å². The molecule has 0 bridgehead atoms. The van der Waals surface area contributed by atoms with Crippen molar-refractivity contribution >= 4 is 32.1 Å². The summed E-state index contributed by atoms with van der Waals surface area (Å²) in [5.41, 5.74) is 0. The van der Waals surface area contributed by atoms with Crippen molar-refractivity contribution in [3.8, 4) is 0 Å². The molecule has 2 aromatic heterocycles. The molecular formula is C12H18N2S2. The Bertz CT molecular complexity index is 391. The van der Waals surface area contributed by atoms with Gasteiger partial charge in [0.2, 0.25) is 0 Å². The Morgan fingerprint density at radius 2 is 2.00 bits per heavy atom. The van der Waals surface area contributed by atoms with Gasteiger partial charge in [-0.1, -0.05) is 6.92 Å². The van der Waals surface area contributed by atoms with Gasteiger partial charge in [0.05, 0.1) is 0 Å². The second-order valence-electron chi connectivity index (χ2n) is 3.79. The normalized spacial score (nSPS) is 11.3. The summed E-state index contributed by atoms with van der Waals surface area (Å²) in [4.78, 5) is 1.44. The monoisotopic (exact) mass is 254 g/mol. The molecular weight excluding hydrogens is 236 g/mol. The molecule has 0 radical (unpaired) electrons. The largest absolute Gasteiger partial charge is 0.315 e. The molecule has 0 aliphatic rings. The van der Waals surface area contributed by atoms with Crippen molar-refractivity contribution in [2.24, 2.45) is 0 Å². The molecule has 2 aromatic rings. The maximum absolute atomic E-state index is 3.46. The molecule has 0 saturated carbocycles. The highest BCUT2D eigenvalue weighted by Crippen LogP contribution is 2.29. The molecule has 0 spiro atoms. The maximum Gasteiger partial charge on any atom is 0.0453 e. The molecule has 0 amide bonds. The van der Waals surface area contributed by atoms with Crippen LogP contribution in [0.15, 0.2) is 17.5 Å². The first-order chi connectivity index (χ1) is 7.90. The van der Waals surface area contributed by atoms with Crippen LogP contribution in [-0.2, 0) is 6.54 Å². The van der Waals surface area contributed by atoms with Crippen molar-refractivity contribution in [1.82, 2.24) is 10.6 Å². The van der Waals surface area contributed by atoms with Crippen molar-refractivity contribution in [2.75, 3.05) is 19.6 Å². The summed E-state index contributed by atoms with van der Waals surface area (Å²) in [6, 6.07) is 4.51. The van der Waals surface area contributed by atoms with E-state index < -0.39 is 0 Å². The second kappa shape index (κ2) is 6.35.